The number of ether oxygens (including phenoxy) is 1. The largest absolute Gasteiger partial charge is 0.492 e. The van der Waals surface area contributed by atoms with Gasteiger partial charge in [-0.1, -0.05) is 6.92 Å². The summed E-state index contributed by atoms with van der Waals surface area (Å²) < 4.78 is 111. The third-order valence-corrected chi connectivity index (χ3v) is 6.72. The van der Waals surface area contributed by atoms with Crippen LogP contribution in [0.1, 0.15) is 32.3 Å². The number of hydrogen-bond acceptors (Lipinski definition) is 5. The molecule has 14 heteroatoms. The average molecular weight is 589 g/mol. The molecule has 39 heavy (non-hydrogen) atoms. The normalized spacial score (nSPS) is 18.4. The van der Waals surface area contributed by atoms with Crippen LogP contribution in [0.3, 0.4) is 0 Å². The van der Waals surface area contributed by atoms with Crippen LogP contribution in [-0.4, -0.2) is 54.5 Å². The molecule has 0 bridgehead atoms. The Morgan fingerprint density at radius 3 is 2.13 bits per heavy atom. The number of carboxylic acid groups (broad SMARTS) is 1. The second-order valence-corrected chi connectivity index (χ2v) is 10.1. The van der Waals surface area contributed by atoms with Crippen LogP contribution in [0, 0.1) is 11.7 Å². The van der Waals surface area contributed by atoms with Gasteiger partial charge in [-0.15, -0.1) is 0 Å². The molecule has 1 saturated carbocycles. The summed E-state index contributed by atoms with van der Waals surface area (Å²) in [6.07, 6.45) is -5.17. The van der Waals surface area contributed by atoms with Crippen molar-refractivity contribution in [3.8, 4) is 5.75 Å². The van der Waals surface area contributed by atoms with Gasteiger partial charge < -0.3 is 14.7 Å². The van der Waals surface area contributed by atoms with E-state index < -0.39 is 47.7 Å². The van der Waals surface area contributed by atoms with Gasteiger partial charge in [0.15, 0.2) is 0 Å². The number of hydrogen-bond donors (Lipinski definition) is 1. The van der Waals surface area contributed by atoms with Crippen LogP contribution in [0.25, 0.3) is 0 Å². The number of fused-ring (bicyclic) bond motifs is 1. The minimum Gasteiger partial charge on any atom is -0.492 e. The van der Waals surface area contributed by atoms with Crippen molar-refractivity contribution in [2.24, 2.45) is 5.92 Å². The first-order valence-electron chi connectivity index (χ1n) is 11.7. The predicted molar refractivity (Wildman–Crippen MR) is 131 cm³/mol. The molecule has 2 aromatic rings. The highest BCUT2D eigenvalue weighted by atomic mass is 32.2. The zero-order valence-electron chi connectivity index (χ0n) is 21.2. The number of likely N-dealkylation sites (N-methyl/N-ethyl adjacent to an activating group) is 1. The molecule has 0 amide bonds. The van der Waals surface area contributed by atoms with E-state index in [1.54, 1.807) is 11.9 Å². The molecule has 1 heterocycles. The van der Waals surface area contributed by atoms with E-state index in [9.17, 15) is 35.1 Å². The maximum atomic E-state index is 13.8. The van der Waals surface area contributed by atoms with Gasteiger partial charge in [-0.2, -0.15) is 13.2 Å². The zero-order chi connectivity index (χ0) is 29.6. The Morgan fingerprint density at radius 1 is 1.13 bits per heavy atom. The summed E-state index contributed by atoms with van der Waals surface area (Å²) in [5.41, 5.74) is -0.178. The van der Waals surface area contributed by atoms with Crippen molar-refractivity contribution in [3.63, 3.8) is 0 Å². The maximum absolute atomic E-state index is 13.8. The molecule has 1 aliphatic heterocycles. The number of carbonyl (C=O) groups is 1. The Morgan fingerprint density at radius 2 is 1.67 bits per heavy atom. The van der Waals surface area contributed by atoms with E-state index >= 15 is 0 Å². The second kappa shape index (κ2) is 13.1. The molecular formula is C25H28F8N2O3S. The minimum absolute atomic E-state index is 0.0625. The summed E-state index contributed by atoms with van der Waals surface area (Å²) >= 11 is 1.24. The summed E-state index contributed by atoms with van der Waals surface area (Å²) in [7, 11) is 1.80. The van der Waals surface area contributed by atoms with Crippen LogP contribution in [-0.2, 0) is 11.0 Å². The Kier molecular flexibility index (Phi) is 10.9. The lowest BCUT2D eigenvalue weighted by Gasteiger charge is -2.26. The molecule has 0 radical (unpaired) electrons. The Balaban J connectivity index is 0.000000516. The van der Waals surface area contributed by atoms with Crippen molar-refractivity contribution in [3.05, 3.63) is 47.8 Å². The maximum Gasteiger partial charge on any atom is 0.420 e. The van der Waals surface area contributed by atoms with Crippen LogP contribution < -0.4 is 9.64 Å². The standard InChI is InChI=1S/C20H18F6N2OS.C4H8F2.CH2O2/c1-27-6-7-28(14-4-2-13(21)3-5-14)16-8-15(20(24,25)26)17(9-18(16)30-27)29-11-12-10-19(12,22)23;1-3-4(2,5)6;2-1-3/h2-5,8-9,12H,6-7,10-11H2,1H3;3H2,1-2H3;1H,(H,2,3). The number of anilines is 2. The lowest BCUT2D eigenvalue weighted by molar-refractivity contribution is -0.139. The molecule has 1 unspecified atom stereocenters. The number of nitrogens with zero attached hydrogens (tertiary/aromatic N) is 2. The van der Waals surface area contributed by atoms with Gasteiger partial charge in [0, 0.05) is 31.6 Å². The topological polar surface area (TPSA) is 53.0 Å². The van der Waals surface area contributed by atoms with E-state index in [1.165, 1.54) is 49.2 Å². The second-order valence-electron chi connectivity index (χ2n) is 8.89. The van der Waals surface area contributed by atoms with Crippen molar-refractivity contribution in [1.29, 1.82) is 0 Å². The van der Waals surface area contributed by atoms with Crippen molar-refractivity contribution in [2.75, 3.05) is 31.6 Å². The first kappa shape index (κ1) is 32.5. The van der Waals surface area contributed by atoms with Crippen LogP contribution in [0.4, 0.5) is 46.5 Å². The molecule has 5 nitrogen and oxygen atoms in total. The molecule has 2 aromatic carbocycles. The van der Waals surface area contributed by atoms with Crippen LogP contribution in [0.5, 0.6) is 5.75 Å². The fraction of sp³-hybridized carbons (Fsp3) is 0.480. The van der Waals surface area contributed by atoms with E-state index in [0.717, 1.165) is 13.0 Å². The first-order chi connectivity index (χ1) is 18.0. The number of rotatable bonds is 5. The molecule has 4 rings (SSSR count). The lowest BCUT2D eigenvalue weighted by atomic mass is 10.1. The third kappa shape index (κ3) is 9.75. The molecule has 1 aliphatic carbocycles. The first-order valence-corrected chi connectivity index (χ1v) is 12.4. The van der Waals surface area contributed by atoms with Gasteiger partial charge in [0.2, 0.25) is 5.92 Å². The van der Waals surface area contributed by atoms with Gasteiger partial charge in [0.1, 0.15) is 11.6 Å². The monoisotopic (exact) mass is 588 g/mol. The number of benzene rings is 2. The highest BCUT2D eigenvalue weighted by Gasteiger charge is 2.57. The summed E-state index contributed by atoms with van der Waals surface area (Å²) in [6, 6.07) is 7.72. The summed E-state index contributed by atoms with van der Waals surface area (Å²) in [6.45, 7) is 2.56. The number of alkyl halides is 7. The van der Waals surface area contributed by atoms with E-state index in [-0.39, 0.29) is 19.3 Å². The molecule has 2 aliphatic rings. The van der Waals surface area contributed by atoms with Crippen LogP contribution in [0.15, 0.2) is 41.3 Å². The third-order valence-electron chi connectivity index (χ3n) is 5.70. The lowest BCUT2D eigenvalue weighted by Crippen LogP contribution is -2.25. The molecule has 1 atom stereocenters. The quantitative estimate of drug-likeness (QED) is 0.219. The minimum atomic E-state index is -4.73. The Bertz CT molecular complexity index is 1090. The summed E-state index contributed by atoms with van der Waals surface area (Å²) in [4.78, 5) is 10.5. The average Bonchev–Trinajstić information content (AvgIpc) is 3.49. The van der Waals surface area contributed by atoms with Gasteiger partial charge in [0.25, 0.3) is 12.4 Å². The summed E-state index contributed by atoms with van der Waals surface area (Å²) in [5.74, 6) is -7.32. The fourth-order valence-electron chi connectivity index (χ4n) is 3.28. The van der Waals surface area contributed by atoms with Gasteiger partial charge in [-0.3, -0.25) is 4.79 Å². The van der Waals surface area contributed by atoms with Crippen molar-refractivity contribution in [2.45, 2.75) is 49.6 Å². The Hall–Kier alpha value is -2.74. The molecule has 1 fully saturated rings. The van der Waals surface area contributed by atoms with Gasteiger partial charge in [-0.05, 0) is 62.3 Å². The number of halogens is 8. The zero-order valence-corrected chi connectivity index (χ0v) is 22.1. The fourth-order valence-corrected chi connectivity index (χ4v) is 4.21. The van der Waals surface area contributed by atoms with Crippen LogP contribution >= 0.6 is 11.9 Å². The van der Waals surface area contributed by atoms with Gasteiger partial charge in [-0.25, -0.2) is 26.3 Å². The van der Waals surface area contributed by atoms with E-state index in [2.05, 4.69) is 0 Å². The molecule has 218 valence electrons. The highest BCUT2D eigenvalue weighted by Crippen LogP contribution is 2.50. The van der Waals surface area contributed by atoms with Crippen molar-refractivity contribution < 1.29 is 49.8 Å². The molecule has 0 spiro atoms. The van der Waals surface area contributed by atoms with E-state index in [1.807, 2.05) is 4.31 Å². The SMILES string of the molecule is CCC(C)(F)F.CN1CCN(c2ccc(F)cc2)c2cc(C(F)(F)F)c(OCC3CC3(F)F)cc2S1.O=CO. The smallest absolute Gasteiger partial charge is 0.420 e. The van der Waals surface area contributed by atoms with E-state index in [4.69, 9.17) is 14.6 Å². The molecule has 0 saturated heterocycles. The predicted octanol–water partition coefficient (Wildman–Crippen LogP) is 7.72. The molecule has 0 aromatic heterocycles. The Labute approximate surface area is 224 Å². The van der Waals surface area contributed by atoms with Gasteiger partial charge in [0.05, 0.1) is 28.7 Å². The van der Waals surface area contributed by atoms with E-state index in [0.29, 0.717) is 29.4 Å². The molecule has 1 N–H and O–H groups in total. The summed E-state index contributed by atoms with van der Waals surface area (Å²) in [5, 5.41) is 6.89. The molecular weight excluding hydrogens is 560 g/mol. The highest BCUT2D eigenvalue weighted by molar-refractivity contribution is 7.97. The van der Waals surface area contributed by atoms with Crippen molar-refractivity contribution >= 4 is 29.8 Å². The van der Waals surface area contributed by atoms with Gasteiger partial charge >= 0.3 is 6.18 Å². The van der Waals surface area contributed by atoms with Crippen LogP contribution in [0.2, 0.25) is 0 Å². The van der Waals surface area contributed by atoms with Crippen molar-refractivity contribution in [1.82, 2.24) is 4.31 Å².